The van der Waals surface area contributed by atoms with E-state index in [0.29, 0.717) is 27.1 Å². The van der Waals surface area contributed by atoms with Gasteiger partial charge in [-0.3, -0.25) is 4.79 Å². The smallest absolute Gasteiger partial charge is 0.332 e. The fourth-order valence-corrected chi connectivity index (χ4v) is 3.64. The van der Waals surface area contributed by atoms with Gasteiger partial charge in [-0.2, -0.15) is 0 Å². The molecule has 2 aromatic heterocycles. The van der Waals surface area contributed by atoms with Crippen molar-refractivity contribution in [3.63, 3.8) is 0 Å². The van der Waals surface area contributed by atoms with Crippen LogP contribution in [0.1, 0.15) is 35.9 Å². The highest BCUT2D eigenvalue weighted by Crippen LogP contribution is 2.30. The summed E-state index contributed by atoms with van der Waals surface area (Å²) in [5, 5.41) is 7.08. The van der Waals surface area contributed by atoms with Crippen LogP contribution in [0.15, 0.2) is 48.8 Å². The Bertz CT molecular complexity index is 1150. The first-order valence-electron chi connectivity index (χ1n) is 10.6. The van der Waals surface area contributed by atoms with Gasteiger partial charge in [0.25, 0.3) is 5.91 Å². The summed E-state index contributed by atoms with van der Waals surface area (Å²) in [6.45, 7) is 3.76. The first-order valence-corrected chi connectivity index (χ1v) is 11.3. The number of methoxy groups -OCH3 is 1. The Morgan fingerprint density at radius 2 is 1.97 bits per heavy atom. The number of hydrogen-bond donors (Lipinski definition) is 3. The molecule has 8 nitrogen and oxygen atoms in total. The molecular weight excluding hydrogens is 479 g/mol. The van der Waals surface area contributed by atoms with Crippen LogP contribution in [0.4, 0.5) is 5.82 Å². The molecule has 3 aromatic rings. The van der Waals surface area contributed by atoms with Crippen LogP contribution in [0, 0.1) is 0 Å². The van der Waals surface area contributed by atoms with E-state index in [1.165, 1.54) is 7.11 Å². The molecule has 0 aliphatic rings. The highest BCUT2D eigenvalue weighted by molar-refractivity contribution is 6.33. The lowest BCUT2D eigenvalue weighted by Crippen LogP contribution is -2.32. The zero-order valence-electron chi connectivity index (χ0n) is 19.0. The Kier molecular flexibility index (Phi) is 8.92. The predicted octanol–water partition coefficient (Wildman–Crippen LogP) is 4.86. The molecule has 0 unspecified atom stereocenters. The molecule has 0 radical (unpaired) electrons. The minimum Gasteiger partial charge on any atom is -0.461 e. The average molecular weight is 505 g/mol. The molecule has 34 heavy (non-hydrogen) atoms. The maximum Gasteiger partial charge on any atom is 0.332 e. The molecular formula is C24H26Cl2N4O4. The summed E-state index contributed by atoms with van der Waals surface area (Å²) >= 11 is 12.5. The highest BCUT2D eigenvalue weighted by Gasteiger charge is 2.20. The van der Waals surface area contributed by atoms with E-state index in [4.69, 9.17) is 32.7 Å². The van der Waals surface area contributed by atoms with E-state index in [2.05, 4.69) is 20.6 Å². The molecule has 10 heteroatoms. The van der Waals surface area contributed by atoms with Gasteiger partial charge in [0.15, 0.2) is 0 Å². The Morgan fingerprint density at radius 1 is 1.18 bits per heavy atom. The van der Waals surface area contributed by atoms with E-state index in [0.717, 1.165) is 11.1 Å². The quantitative estimate of drug-likeness (QED) is 0.340. The standard InChI is InChI=1S/C24H26Cl2N4O4/c1-14(2)29-22-9-18(19(26)11-28-22)16-8-20(27-10-16)24(32)30-21(12-34-23(31)13-33-3)15-5-4-6-17(25)7-15/h4-11,14,21,27H,12-13H2,1-3H3,(H,28,29)(H,30,32)/t21-/m1/s1. The van der Waals surface area contributed by atoms with E-state index in [1.807, 2.05) is 19.9 Å². The molecule has 1 aromatic carbocycles. The van der Waals surface area contributed by atoms with Gasteiger partial charge in [-0.25, -0.2) is 9.78 Å². The summed E-state index contributed by atoms with van der Waals surface area (Å²) in [4.78, 5) is 32.1. The Balaban J connectivity index is 1.79. The van der Waals surface area contributed by atoms with Crippen molar-refractivity contribution in [3.05, 3.63) is 70.1 Å². The minimum absolute atomic E-state index is 0.0811. The van der Waals surface area contributed by atoms with Crippen molar-refractivity contribution in [2.75, 3.05) is 25.6 Å². The SMILES string of the molecule is COCC(=O)OC[C@@H](NC(=O)c1cc(-c2cc(NC(C)C)ncc2Cl)c[nH]1)c1cccc(Cl)c1. The lowest BCUT2D eigenvalue weighted by Gasteiger charge is -2.19. The third-order valence-corrected chi connectivity index (χ3v) is 5.30. The van der Waals surface area contributed by atoms with E-state index >= 15 is 0 Å². The number of hydrogen-bond acceptors (Lipinski definition) is 6. The van der Waals surface area contributed by atoms with Crippen molar-refractivity contribution in [2.24, 2.45) is 0 Å². The van der Waals surface area contributed by atoms with Gasteiger partial charge in [0.05, 0.1) is 11.1 Å². The van der Waals surface area contributed by atoms with Crippen LogP contribution < -0.4 is 10.6 Å². The van der Waals surface area contributed by atoms with Gasteiger partial charge in [-0.1, -0.05) is 35.3 Å². The number of ether oxygens (including phenoxy) is 2. The van der Waals surface area contributed by atoms with Crippen molar-refractivity contribution >= 4 is 40.9 Å². The highest BCUT2D eigenvalue weighted by atomic mass is 35.5. The van der Waals surface area contributed by atoms with Crippen molar-refractivity contribution < 1.29 is 19.1 Å². The average Bonchev–Trinajstić information content (AvgIpc) is 3.28. The third-order valence-electron chi connectivity index (χ3n) is 4.76. The lowest BCUT2D eigenvalue weighted by molar-refractivity contribution is -0.148. The van der Waals surface area contributed by atoms with Crippen molar-refractivity contribution in [3.8, 4) is 11.1 Å². The fraction of sp³-hybridized carbons (Fsp3) is 0.292. The summed E-state index contributed by atoms with van der Waals surface area (Å²) in [5.74, 6) is -0.241. The van der Waals surface area contributed by atoms with E-state index in [1.54, 1.807) is 42.7 Å². The number of anilines is 1. The predicted molar refractivity (Wildman–Crippen MR) is 132 cm³/mol. The third kappa shape index (κ3) is 6.96. The molecule has 0 bridgehead atoms. The van der Waals surface area contributed by atoms with Gasteiger partial charge in [0.1, 0.15) is 24.7 Å². The minimum atomic E-state index is -0.620. The van der Waals surface area contributed by atoms with Gasteiger partial charge in [-0.15, -0.1) is 0 Å². The Hall–Kier alpha value is -3.07. The summed E-state index contributed by atoms with van der Waals surface area (Å²) in [6, 6.07) is 10.1. The molecule has 0 fully saturated rings. The maximum atomic E-state index is 13.0. The molecule has 180 valence electrons. The van der Waals surface area contributed by atoms with Gasteiger partial charge < -0.3 is 25.1 Å². The number of amides is 1. The summed E-state index contributed by atoms with van der Waals surface area (Å²) < 4.78 is 10.0. The second-order valence-corrected chi connectivity index (χ2v) is 8.69. The maximum absolute atomic E-state index is 13.0. The number of aromatic amines is 1. The molecule has 1 atom stereocenters. The zero-order chi connectivity index (χ0) is 24.7. The largest absolute Gasteiger partial charge is 0.461 e. The molecule has 0 saturated carbocycles. The van der Waals surface area contributed by atoms with Crippen molar-refractivity contribution in [1.82, 2.24) is 15.3 Å². The summed E-state index contributed by atoms with van der Waals surface area (Å²) in [6.07, 6.45) is 3.26. The summed E-state index contributed by atoms with van der Waals surface area (Å²) in [7, 11) is 1.40. The number of halogens is 2. The molecule has 1 amide bonds. The van der Waals surface area contributed by atoms with Gasteiger partial charge in [0.2, 0.25) is 0 Å². The second kappa shape index (κ2) is 11.9. The normalized spacial score (nSPS) is 11.8. The number of pyridine rings is 1. The van der Waals surface area contributed by atoms with Crippen molar-refractivity contribution in [2.45, 2.75) is 25.9 Å². The van der Waals surface area contributed by atoms with Crippen LogP contribution in [0.3, 0.4) is 0 Å². The monoisotopic (exact) mass is 504 g/mol. The topological polar surface area (TPSA) is 105 Å². The number of benzene rings is 1. The lowest BCUT2D eigenvalue weighted by atomic mass is 10.1. The van der Waals surface area contributed by atoms with E-state index in [9.17, 15) is 9.59 Å². The van der Waals surface area contributed by atoms with Crippen molar-refractivity contribution in [1.29, 1.82) is 0 Å². The molecule has 3 rings (SSSR count). The van der Waals surface area contributed by atoms with Crippen LogP contribution in [0.25, 0.3) is 11.1 Å². The summed E-state index contributed by atoms with van der Waals surface area (Å²) in [5.41, 5.74) is 2.47. The number of carbonyl (C=O) groups is 2. The second-order valence-electron chi connectivity index (χ2n) is 7.85. The molecule has 2 heterocycles. The van der Waals surface area contributed by atoms with Crippen LogP contribution in [0.5, 0.6) is 0 Å². The molecule has 0 saturated heterocycles. The van der Waals surface area contributed by atoms with Crippen LogP contribution in [-0.2, 0) is 14.3 Å². The molecule has 0 aliphatic heterocycles. The van der Waals surface area contributed by atoms with Crippen LogP contribution in [0.2, 0.25) is 10.0 Å². The molecule has 0 spiro atoms. The van der Waals surface area contributed by atoms with Crippen LogP contribution in [-0.4, -0.2) is 48.2 Å². The number of nitrogens with zero attached hydrogens (tertiary/aromatic N) is 1. The first-order chi connectivity index (χ1) is 16.3. The van der Waals surface area contributed by atoms with E-state index in [-0.39, 0.29) is 25.2 Å². The number of rotatable bonds is 10. The molecule has 0 aliphatic carbocycles. The Morgan fingerprint density at radius 3 is 2.68 bits per heavy atom. The number of carbonyl (C=O) groups excluding carboxylic acids is 2. The van der Waals surface area contributed by atoms with Gasteiger partial charge in [0, 0.05) is 41.7 Å². The van der Waals surface area contributed by atoms with E-state index < -0.39 is 12.0 Å². The van der Waals surface area contributed by atoms with Gasteiger partial charge in [-0.05, 0) is 43.7 Å². The van der Waals surface area contributed by atoms with Crippen LogP contribution >= 0.6 is 23.2 Å². The molecule has 3 N–H and O–H groups in total. The zero-order valence-corrected chi connectivity index (χ0v) is 20.5. The number of H-pyrrole nitrogens is 1. The Labute approximate surface area is 208 Å². The number of nitrogens with one attached hydrogen (secondary N) is 3. The number of esters is 1. The first kappa shape index (κ1) is 25.6. The fourth-order valence-electron chi connectivity index (χ4n) is 3.23. The number of aromatic nitrogens is 2. The van der Waals surface area contributed by atoms with Gasteiger partial charge >= 0.3 is 5.97 Å².